The van der Waals surface area contributed by atoms with Crippen LogP contribution in [0.25, 0.3) is 0 Å². The topological polar surface area (TPSA) is 92.4 Å². The average Bonchev–Trinajstić information content (AvgIpc) is 2.10. The Labute approximate surface area is 95.8 Å². The Bertz CT molecular complexity index is 200. The molecule has 0 heterocycles. The molecule has 5 nitrogen and oxygen atoms in total. The van der Waals surface area contributed by atoms with Crippen LogP contribution in [0.5, 0.6) is 0 Å². The maximum atomic E-state index is 10.7. The first-order valence-electron chi connectivity index (χ1n) is 4.82. The number of hydrogen-bond acceptors (Lipinski definition) is 3. The van der Waals surface area contributed by atoms with Crippen molar-refractivity contribution in [3.8, 4) is 0 Å². The van der Waals surface area contributed by atoms with E-state index in [-0.39, 0.29) is 25.2 Å². The number of carboxylic acids is 1. The van der Waals surface area contributed by atoms with Gasteiger partial charge < -0.3 is 16.2 Å². The summed E-state index contributed by atoms with van der Waals surface area (Å²) in [7, 11) is 0. The highest BCUT2D eigenvalue weighted by Gasteiger charge is 2.16. The van der Waals surface area contributed by atoms with Crippen LogP contribution < -0.4 is 11.1 Å². The van der Waals surface area contributed by atoms with Crippen LogP contribution in [0.2, 0.25) is 0 Å². The van der Waals surface area contributed by atoms with Gasteiger partial charge in [0.25, 0.3) is 0 Å². The molecule has 1 amide bonds. The molecular weight excluding hydrogens is 220 g/mol. The van der Waals surface area contributed by atoms with Gasteiger partial charge in [-0.05, 0) is 19.4 Å². The molecule has 90 valence electrons. The van der Waals surface area contributed by atoms with Crippen molar-refractivity contribution >= 4 is 24.3 Å². The lowest BCUT2D eigenvalue weighted by atomic mass is 10.1. The van der Waals surface area contributed by atoms with E-state index in [1.165, 1.54) is 0 Å². The van der Waals surface area contributed by atoms with Gasteiger partial charge in [-0.15, -0.1) is 12.4 Å². The molecule has 0 fully saturated rings. The molecule has 0 bridgehead atoms. The number of carboxylic acid groups (broad SMARTS) is 1. The van der Waals surface area contributed by atoms with Crippen LogP contribution in [0.3, 0.4) is 0 Å². The lowest BCUT2D eigenvalue weighted by molar-refractivity contribution is -0.139. The molecule has 0 saturated heterocycles. The second-order valence-corrected chi connectivity index (χ2v) is 3.20. The minimum absolute atomic E-state index is 0. The highest BCUT2D eigenvalue weighted by atomic mass is 35.5. The van der Waals surface area contributed by atoms with Gasteiger partial charge in [0.15, 0.2) is 0 Å². The first-order chi connectivity index (χ1) is 6.57. The number of amides is 1. The van der Waals surface area contributed by atoms with E-state index in [0.717, 1.165) is 12.8 Å². The van der Waals surface area contributed by atoms with Gasteiger partial charge in [-0.3, -0.25) is 9.59 Å². The Morgan fingerprint density at radius 3 is 2.47 bits per heavy atom. The van der Waals surface area contributed by atoms with E-state index >= 15 is 0 Å². The second kappa shape index (κ2) is 9.73. The van der Waals surface area contributed by atoms with E-state index < -0.39 is 17.9 Å². The van der Waals surface area contributed by atoms with E-state index in [9.17, 15) is 9.59 Å². The van der Waals surface area contributed by atoms with Gasteiger partial charge in [0.2, 0.25) is 5.91 Å². The third kappa shape index (κ3) is 9.49. The molecule has 0 aliphatic rings. The Hall–Kier alpha value is -0.810. The summed E-state index contributed by atoms with van der Waals surface area (Å²) in [5.74, 6) is -1.39. The fourth-order valence-electron chi connectivity index (χ4n) is 1.05. The third-order valence-electron chi connectivity index (χ3n) is 1.90. The maximum absolute atomic E-state index is 10.7. The summed E-state index contributed by atoms with van der Waals surface area (Å²) in [4.78, 5) is 21.1. The zero-order valence-electron chi connectivity index (χ0n) is 8.86. The number of hydrogen-bond donors (Lipinski definition) is 3. The van der Waals surface area contributed by atoms with Crippen LogP contribution in [0.15, 0.2) is 0 Å². The number of rotatable bonds is 8. The van der Waals surface area contributed by atoms with Gasteiger partial charge in [-0.2, -0.15) is 0 Å². The summed E-state index contributed by atoms with van der Waals surface area (Å²) in [5, 5.41) is 11.6. The third-order valence-corrected chi connectivity index (χ3v) is 1.90. The zero-order chi connectivity index (χ0) is 11.0. The number of carbonyl (C=O) groups excluding carboxylic acids is 1. The standard InChI is InChI=1S/C9H18N2O3.ClH/c1-2-3-6-11-7(9(13)14)4-5-8(10)12;/h7,11H,2-6H2,1H3,(H2,10,12)(H,13,14);1H/t7-;/m0./s1. The van der Waals surface area contributed by atoms with Gasteiger partial charge >= 0.3 is 5.97 Å². The quantitative estimate of drug-likeness (QED) is 0.538. The van der Waals surface area contributed by atoms with E-state index in [2.05, 4.69) is 5.32 Å². The molecule has 0 rings (SSSR count). The number of primary amides is 1. The Kier molecular flexibility index (Phi) is 10.8. The average molecular weight is 239 g/mol. The summed E-state index contributed by atoms with van der Waals surface area (Å²) >= 11 is 0. The molecule has 0 aromatic carbocycles. The smallest absolute Gasteiger partial charge is 0.320 e. The van der Waals surface area contributed by atoms with E-state index in [1.807, 2.05) is 6.92 Å². The van der Waals surface area contributed by atoms with Crippen LogP contribution in [0.1, 0.15) is 32.6 Å². The molecule has 0 saturated carbocycles. The van der Waals surface area contributed by atoms with Crippen LogP contribution in [-0.4, -0.2) is 29.6 Å². The van der Waals surface area contributed by atoms with Gasteiger partial charge in [0.05, 0.1) is 0 Å². The molecule has 0 radical (unpaired) electrons. The molecule has 0 aliphatic heterocycles. The molecule has 4 N–H and O–H groups in total. The first-order valence-corrected chi connectivity index (χ1v) is 4.82. The highest BCUT2D eigenvalue weighted by molar-refractivity contribution is 5.85. The fraction of sp³-hybridized carbons (Fsp3) is 0.778. The molecule has 0 unspecified atom stereocenters. The summed E-state index contributed by atoms with van der Waals surface area (Å²) in [6.45, 7) is 2.69. The van der Waals surface area contributed by atoms with E-state index in [1.54, 1.807) is 0 Å². The molecule has 6 heteroatoms. The molecule has 1 atom stereocenters. The number of carbonyl (C=O) groups is 2. The molecular formula is C9H19ClN2O3. The van der Waals surface area contributed by atoms with Crippen LogP contribution in [0.4, 0.5) is 0 Å². The monoisotopic (exact) mass is 238 g/mol. The van der Waals surface area contributed by atoms with Crippen molar-refractivity contribution in [3.05, 3.63) is 0 Å². The predicted molar refractivity (Wildman–Crippen MR) is 60.0 cm³/mol. The lowest BCUT2D eigenvalue weighted by Crippen LogP contribution is -2.38. The number of aliphatic carboxylic acids is 1. The first kappa shape index (κ1) is 16.6. The van der Waals surface area contributed by atoms with E-state index in [0.29, 0.717) is 6.54 Å². The molecule has 15 heavy (non-hydrogen) atoms. The number of nitrogens with two attached hydrogens (primary N) is 1. The van der Waals surface area contributed by atoms with Crippen molar-refractivity contribution in [3.63, 3.8) is 0 Å². The second-order valence-electron chi connectivity index (χ2n) is 3.20. The van der Waals surface area contributed by atoms with Gasteiger partial charge in [0, 0.05) is 6.42 Å². The van der Waals surface area contributed by atoms with Crippen molar-refractivity contribution in [1.82, 2.24) is 5.32 Å². The maximum Gasteiger partial charge on any atom is 0.320 e. The normalized spacial score (nSPS) is 11.5. The number of halogens is 1. The van der Waals surface area contributed by atoms with Crippen molar-refractivity contribution in [1.29, 1.82) is 0 Å². The van der Waals surface area contributed by atoms with Crippen LogP contribution in [0, 0.1) is 0 Å². The van der Waals surface area contributed by atoms with Crippen molar-refractivity contribution in [2.45, 2.75) is 38.6 Å². The summed E-state index contributed by atoms with van der Waals surface area (Å²) < 4.78 is 0. The fourth-order valence-corrected chi connectivity index (χ4v) is 1.05. The van der Waals surface area contributed by atoms with Crippen LogP contribution >= 0.6 is 12.4 Å². The van der Waals surface area contributed by atoms with E-state index in [4.69, 9.17) is 10.8 Å². The minimum atomic E-state index is -0.928. The lowest BCUT2D eigenvalue weighted by Gasteiger charge is -2.12. The van der Waals surface area contributed by atoms with Crippen molar-refractivity contribution < 1.29 is 14.7 Å². The molecule has 0 aliphatic carbocycles. The summed E-state index contributed by atoms with van der Waals surface area (Å²) in [5.41, 5.74) is 4.94. The molecule has 0 spiro atoms. The minimum Gasteiger partial charge on any atom is -0.480 e. The van der Waals surface area contributed by atoms with Crippen molar-refractivity contribution in [2.24, 2.45) is 5.73 Å². The molecule has 0 aromatic heterocycles. The van der Waals surface area contributed by atoms with Gasteiger partial charge in [-0.1, -0.05) is 13.3 Å². The predicted octanol–water partition coefficient (Wildman–Crippen LogP) is 0.517. The summed E-state index contributed by atoms with van der Waals surface area (Å²) in [6, 6.07) is -0.658. The van der Waals surface area contributed by atoms with Crippen LogP contribution in [-0.2, 0) is 9.59 Å². The zero-order valence-corrected chi connectivity index (χ0v) is 9.68. The highest BCUT2D eigenvalue weighted by Crippen LogP contribution is 1.97. The van der Waals surface area contributed by atoms with Gasteiger partial charge in [0.1, 0.15) is 6.04 Å². The number of nitrogens with one attached hydrogen (secondary N) is 1. The number of unbranched alkanes of at least 4 members (excludes halogenated alkanes) is 1. The SMILES string of the molecule is CCCCN[C@@H](CCC(N)=O)C(=O)O.Cl. The summed E-state index contributed by atoms with van der Waals surface area (Å²) in [6.07, 6.45) is 2.31. The molecule has 0 aromatic rings. The Morgan fingerprint density at radius 1 is 1.47 bits per heavy atom. The Balaban J connectivity index is 0. The van der Waals surface area contributed by atoms with Crippen molar-refractivity contribution in [2.75, 3.05) is 6.54 Å². The Morgan fingerprint density at radius 2 is 2.07 bits per heavy atom. The largest absolute Gasteiger partial charge is 0.480 e. The van der Waals surface area contributed by atoms with Gasteiger partial charge in [-0.25, -0.2) is 0 Å².